The normalized spacial score (nSPS) is 26.4. The molecule has 5 nitrogen and oxygen atoms in total. The average Bonchev–Trinajstić information content (AvgIpc) is 2.36. The first-order chi connectivity index (χ1) is 9.45. The summed E-state index contributed by atoms with van der Waals surface area (Å²) in [5.74, 6) is 1.34. The zero-order chi connectivity index (χ0) is 14.7. The van der Waals surface area contributed by atoms with Crippen LogP contribution in [0.1, 0.15) is 38.7 Å². The minimum Gasteiger partial charge on any atom is -0.398 e. The molecule has 0 radical (unpaired) electrons. The molecular weight excluding hydrogens is 256 g/mol. The first kappa shape index (κ1) is 14.8. The lowest BCUT2D eigenvalue weighted by Gasteiger charge is -2.31. The van der Waals surface area contributed by atoms with Crippen molar-refractivity contribution in [3.05, 3.63) is 33.9 Å². The van der Waals surface area contributed by atoms with Gasteiger partial charge in [-0.2, -0.15) is 0 Å². The van der Waals surface area contributed by atoms with Crippen LogP contribution in [-0.4, -0.2) is 11.0 Å². The molecule has 1 aromatic carbocycles. The van der Waals surface area contributed by atoms with Crippen LogP contribution in [0.25, 0.3) is 0 Å². The zero-order valence-corrected chi connectivity index (χ0v) is 12.0. The summed E-state index contributed by atoms with van der Waals surface area (Å²) in [7, 11) is 0. The van der Waals surface area contributed by atoms with Crippen LogP contribution in [0.2, 0.25) is 0 Å². The summed E-state index contributed by atoms with van der Waals surface area (Å²) >= 11 is 0. The molecule has 1 aliphatic rings. The fourth-order valence-electron chi connectivity index (χ4n) is 3.05. The zero-order valence-electron chi connectivity index (χ0n) is 12.0. The Kier molecular flexibility index (Phi) is 4.60. The van der Waals surface area contributed by atoms with Crippen molar-refractivity contribution in [1.82, 2.24) is 0 Å². The molecule has 1 aliphatic carbocycles. The molecule has 1 aromatic rings. The molecule has 2 atom stereocenters. The number of nitro groups is 1. The van der Waals surface area contributed by atoms with Gasteiger partial charge in [0.05, 0.1) is 17.6 Å². The van der Waals surface area contributed by atoms with E-state index in [1.165, 1.54) is 18.6 Å². The molecule has 20 heavy (non-hydrogen) atoms. The van der Waals surface area contributed by atoms with E-state index >= 15 is 0 Å². The second-order valence-electron chi connectivity index (χ2n) is 5.99. The van der Waals surface area contributed by atoms with Crippen molar-refractivity contribution in [2.45, 2.75) is 45.8 Å². The van der Waals surface area contributed by atoms with E-state index in [1.807, 2.05) is 0 Å². The molecule has 2 rings (SSSR count). The maximum absolute atomic E-state index is 10.8. The molecule has 0 heterocycles. The van der Waals surface area contributed by atoms with Crippen LogP contribution < -0.4 is 5.73 Å². The van der Waals surface area contributed by atoms with E-state index in [0.29, 0.717) is 29.7 Å². The summed E-state index contributed by atoms with van der Waals surface area (Å²) in [6, 6.07) is 4.50. The number of non-ortho nitro benzene ring substituents is 1. The lowest BCUT2D eigenvalue weighted by molar-refractivity contribution is -0.384. The Morgan fingerprint density at radius 1 is 1.30 bits per heavy atom. The number of nitrogens with two attached hydrogens (primary N) is 1. The monoisotopic (exact) mass is 278 g/mol. The van der Waals surface area contributed by atoms with Crippen LogP contribution in [0, 0.1) is 22.0 Å². The molecule has 0 amide bonds. The largest absolute Gasteiger partial charge is 0.398 e. The van der Waals surface area contributed by atoms with Crippen LogP contribution in [-0.2, 0) is 11.3 Å². The van der Waals surface area contributed by atoms with Gasteiger partial charge in [-0.1, -0.05) is 13.8 Å². The minimum atomic E-state index is -0.409. The van der Waals surface area contributed by atoms with Crippen molar-refractivity contribution in [2.24, 2.45) is 11.8 Å². The Balaban J connectivity index is 1.99. The lowest BCUT2D eigenvalue weighted by Crippen LogP contribution is -2.26. The number of nitrogens with zero attached hydrogens (tertiary/aromatic N) is 1. The molecule has 0 bridgehead atoms. The number of hydrogen-bond donors (Lipinski definition) is 1. The summed E-state index contributed by atoms with van der Waals surface area (Å²) in [6.45, 7) is 4.83. The van der Waals surface area contributed by atoms with Crippen LogP contribution in [0.4, 0.5) is 11.4 Å². The van der Waals surface area contributed by atoms with Gasteiger partial charge in [-0.05, 0) is 37.2 Å². The molecule has 1 fully saturated rings. The summed E-state index contributed by atoms with van der Waals surface area (Å²) < 4.78 is 5.92. The van der Waals surface area contributed by atoms with Gasteiger partial charge < -0.3 is 10.5 Å². The number of nitrogen functional groups attached to an aromatic ring is 1. The van der Waals surface area contributed by atoms with Crippen LogP contribution >= 0.6 is 0 Å². The van der Waals surface area contributed by atoms with E-state index in [1.54, 1.807) is 6.07 Å². The number of hydrogen-bond acceptors (Lipinski definition) is 4. The fourth-order valence-corrected chi connectivity index (χ4v) is 3.05. The van der Waals surface area contributed by atoms with E-state index < -0.39 is 4.92 Å². The van der Waals surface area contributed by atoms with Gasteiger partial charge >= 0.3 is 0 Å². The van der Waals surface area contributed by atoms with Gasteiger partial charge in [0.1, 0.15) is 0 Å². The standard InChI is InChI=1S/C15H22N2O3/c1-10-5-11(2)7-14(6-10)20-9-12-8-13(17(18)19)3-4-15(12)16/h3-4,8,10-11,14H,5-7,9,16H2,1-2H3. The van der Waals surface area contributed by atoms with E-state index in [0.717, 1.165) is 12.8 Å². The van der Waals surface area contributed by atoms with Crippen molar-refractivity contribution in [3.8, 4) is 0 Å². The second-order valence-corrected chi connectivity index (χ2v) is 5.99. The second kappa shape index (κ2) is 6.22. The quantitative estimate of drug-likeness (QED) is 0.519. The van der Waals surface area contributed by atoms with Gasteiger partial charge in [0.25, 0.3) is 5.69 Å². The third-order valence-corrected chi connectivity index (χ3v) is 3.95. The van der Waals surface area contributed by atoms with Gasteiger partial charge in [0.2, 0.25) is 0 Å². The third kappa shape index (κ3) is 3.70. The molecule has 0 aliphatic heterocycles. The Bertz CT molecular complexity index is 480. The van der Waals surface area contributed by atoms with E-state index in [4.69, 9.17) is 10.5 Å². The number of rotatable bonds is 4. The van der Waals surface area contributed by atoms with Crippen molar-refractivity contribution < 1.29 is 9.66 Å². The number of ether oxygens (including phenoxy) is 1. The smallest absolute Gasteiger partial charge is 0.269 e. The summed E-state index contributed by atoms with van der Waals surface area (Å²) in [5.41, 5.74) is 7.16. The molecule has 0 spiro atoms. The maximum Gasteiger partial charge on any atom is 0.269 e. The highest BCUT2D eigenvalue weighted by Crippen LogP contribution is 2.31. The van der Waals surface area contributed by atoms with Crippen molar-refractivity contribution >= 4 is 11.4 Å². The summed E-state index contributed by atoms with van der Waals surface area (Å²) in [5, 5.41) is 10.8. The number of nitro benzene ring substituents is 1. The average molecular weight is 278 g/mol. The molecular formula is C15H22N2O3. The molecule has 2 N–H and O–H groups in total. The van der Waals surface area contributed by atoms with Gasteiger partial charge in [-0.15, -0.1) is 0 Å². The van der Waals surface area contributed by atoms with E-state index in [2.05, 4.69) is 13.8 Å². The van der Waals surface area contributed by atoms with Crippen molar-refractivity contribution in [1.29, 1.82) is 0 Å². The number of anilines is 1. The van der Waals surface area contributed by atoms with E-state index in [-0.39, 0.29) is 11.8 Å². The Labute approximate surface area is 119 Å². The summed E-state index contributed by atoms with van der Waals surface area (Å²) in [6.07, 6.45) is 3.59. The van der Waals surface area contributed by atoms with Crippen LogP contribution in [0.15, 0.2) is 18.2 Å². The molecule has 1 saturated carbocycles. The first-order valence-corrected chi connectivity index (χ1v) is 7.10. The van der Waals surface area contributed by atoms with Crippen LogP contribution in [0.3, 0.4) is 0 Å². The topological polar surface area (TPSA) is 78.4 Å². The highest BCUT2D eigenvalue weighted by molar-refractivity contribution is 5.52. The highest BCUT2D eigenvalue weighted by Gasteiger charge is 2.24. The molecule has 5 heteroatoms. The van der Waals surface area contributed by atoms with Gasteiger partial charge in [-0.25, -0.2) is 0 Å². The van der Waals surface area contributed by atoms with Gasteiger partial charge in [0, 0.05) is 23.4 Å². The molecule has 110 valence electrons. The SMILES string of the molecule is CC1CC(C)CC(OCc2cc([N+](=O)[O-])ccc2N)C1. The number of benzene rings is 1. The molecule has 2 unspecified atom stereocenters. The maximum atomic E-state index is 10.8. The van der Waals surface area contributed by atoms with Crippen LogP contribution in [0.5, 0.6) is 0 Å². The predicted octanol–water partition coefficient (Wildman–Crippen LogP) is 3.52. The van der Waals surface area contributed by atoms with Crippen molar-refractivity contribution in [2.75, 3.05) is 5.73 Å². The third-order valence-electron chi connectivity index (χ3n) is 3.95. The lowest BCUT2D eigenvalue weighted by atomic mass is 9.82. The predicted molar refractivity (Wildman–Crippen MR) is 78.3 cm³/mol. The van der Waals surface area contributed by atoms with Crippen molar-refractivity contribution in [3.63, 3.8) is 0 Å². The molecule has 0 saturated heterocycles. The minimum absolute atomic E-state index is 0.0585. The Morgan fingerprint density at radius 2 is 1.95 bits per heavy atom. The first-order valence-electron chi connectivity index (χ1n) is 7.10. The fraction of sp³-hybridized carbons (Fsp3) is 0.600. The van der Waals surface area contributed by atoms with E-state index in [9.17, 15) is 10.1 Å². The Hall–Kier alpha value is -1.62. The molecule has 0 aromatic heterocycles. The highest BCUT2D eigenvalue weighted by atomic mass is 16.6. The summed E-state index contributed by atoms with van der Waals surface area (Å²) in [4.78, 5) is 10.4. The van der Waals surface area contributed by atoms with Gasteiger partial charge in [0.15, 0.2) is 0 Å². The Morgan fingerprint density at radius 3 is 2.55 bits per heavy atom. The van der Waals surface area contributed by atoms with Gasteiger partial charge in [-0.3, -0.25) is 10.1 Å².